The molecule has 2 atom stereocenters. The van der Waals surface area contributed by atoms with Gasteiger partial charge in [-0.25, -0.2) is 0 Å². The van der Waals surface area contributed by atoms with Gasteiger partial charge in [0.15, 0.2) is 0 Å². The second-order valence-corrected chi connectivity index (χ2v) is 7.47. The van der Waals surface area contributed by atoms with Gasteiger partial charge < -0.3 is 10.6 Å². The van der Waals surface area contributed by atoms with Crippen molar-refractivity contribution in [2.75, 3.05) is 39.5 Å². The summed E-state index contributed by atoms with van der Waals surface area (Å²) in [5.74, 6) is -0.000701. The molecule has 2 unspecified atom stereocenters. The molecule has 0 aliphatic rings. The van der Waals surface area contributed by atoms with E-state index in [9.17, 15) is 4.79 Å². The SMILES string of the molecule is C=CCN(C)C(C)N=NN(C)CCC(Nc1ccccc1CC(=O)NC)/C(C)=C/C. The Morgan fingerprint density at radius 3 is 2.63 bits per heavy atom. The fraction of sp³-hybridized carbons (Fsp3) is 0.522. The molecule has 7 heteroatoms. The van der Waals surface area contributed by atoms with Crippen LogP contribution in [0.1, 0.15) is 32.8 Å². The van der Waals surface area contributed by atoms with Crippen molar-refractivity contribution >= 4 is 11.6 Å². The van der Waals surface area contributed by atoms with Crippen LogP contribution in [-0.2, 0) is 11.2 Å². The lowest BCUT2D eigenvalue weighted by molar-refractivity contribution is -0.119. The standard InChI is InChI=1S/C23H38N6O/c1-8-15-28(6)19(4)26-27-29(7)16-14-21(18(3)9-2)25-22-13-11-10-12-20(22)17-23(30)24-5/h8-13,19,21,25H,1,14-17H2,2-7H3,(H,24,30)/b18-9+,27-26?. The molecular weight excluding hydrogens is 376 g/mol. The van der Waals surface area contributed by atoms with Crippen molar-refractivity contribution in [1.29, 1.82) is 0 Å². The number of rotatable bonds is 13. The van der Waals surface area contributed by atoms with Crippen LogP contribution in [0.4, 0.5) is 5.69 Å². The molecule has 0 aromatic heterocycles. The molecule has 0 aliphatic heterocycles. The van der Waals surface area contributed by atoms with E-state index >= 15 is 0 Å². The highest BCUT2D eigenvalue weighted by molar-refractivity contribution is 5.80. The lowest BCUT2D eigenvalue weighted by Crippen LogP contribution is -2.29. The molecule has 30 heavy (non-hydrogen) atoms. The zero-order valence-electron chi connectivity index (χ0n) is 19.4. The van der Waals surface area contributed by atoms with Crippen LogP contribution in [0.5, 0.6) is 0 Å². The predicted molar refractivity (Wildman–Crippen MR) is 125 cm³/mol. The van der Waals surface area contributed by atoms with E-state index in [4.69, 9.17) is 0 Å². The molecule has 0 spiro atoms. The maximum atomic E-state index is 11.9. The first-order chi connectivity index (χ1) is 14.3. The van der Waals surface area contributed by atoms with Crippen molar-refractivity contribution in [3.8, 4) is 0 Å². The summed E-state index contributed by atoms with van der Waals surface area (Å²) in [6.45, 7) is 11.4. The molecule has 0 heterocycles. The maximum absolute atomic E-state index is 11.9. The Morgan fingerprint density at radius 2 is 2.00 bits per heavy atom. The van der Waals surface area contributed by atoms with E-state index in [1.165, 1.54) is 5.57 Å². The van der Waals surface area contributed by atoms with Gasteiger partial charge >= 0.3 is 0 Å². The Bertz CT molecular complexity index is 730. The average Bonchev–Trinajstić information content (AvgIpc) is 2.75. The van der Waals surface area contributed by atoms with E-state index in [0.29, 0.717) is 6.42 Å². The van der Waals surface area contributed by atoms with E-state index < -0.39 is 0 Å². The van der Waals surface area contributed by atoms with Gasteiger partial charge in [0.2, 0.25) is 5.91 Å². The molecule has 7 nitrogen and oxygen atoms in total. The number of carbonyl (C=O) groups is 1. The molecule has 1 rings (SSSR count). The normalized spacial score (nSPS) is 13.9. The van der Waals surface area contributed by atoms with Crippen molar-refractivity contribution < 1.29 is 4.79 Å². The molecule has 2 N–H and O–H groups in total. The lowest BCUT2D eigenvalue weighted by atomic mass is 10.0. The minimum Gasteiger partial charge on any atom is -0.378 e. The highest BCUT2D eigenvalue weighted by atomic mass is 16.1. The first-order valence-electron chi connectivity index (χ1n) is 10.4. The number of nitrogens with zero attached hydrogens (tertiary/aromatic N) is 4. The quantitative estimate of drug-likeness (QED) is 0.292. The number of para-hydroxylation sites is 1. The van der Waals surface area contributed by atoms with Crippen LogP contribution in [0.15, 0.2) is 58.9 Å². The number of amides is 1. The minimum absolute atomic E-state index is 0.000701. The number of hydrogen-bond acceptors (Lipinski definition) is 5. The number of allylic oxidation sites excluding steroid dienone is 1. The molecule has 166 valence electrons. The molecule has 1 amide bonds. The third kappa shape index (κ3) is 8.78. The third-order valence-electron chi connectivity index (χ3n) is 5.15. The van der Waals surface area contributed by atoms with E-state index in [-0.39, 0.29) is 18.1 Å². The molecule has 0 bridgehead atoms. The Kier molecular flexibility index (Phi) is 11.4. The highest BCUT2D eigenvalue weighted by Crippen LogP contribution is 2.20. The highest BCUT2D eigenvalue weighted by Gasteiger charge is 2.14. The summed E-state index contributed by atoms with van der Waals surface area (Å²) in [5, 5.41) is 16.9. The van der Waals surface area contributed by atoms with Crippen LogP contribution in [0.25, 0.3) is 0 Å². The van der Waals surface area contributed by atoms with Crippen molar-refractivity contribution in [3.63, 3.8) is 0 Å². The number of nitrogens with one attached hydrogen (secondary N) is 2. The lowest BCUT2D eigenvalue weighted by Gasteiger charge is -2.24. The molecule has 0 saturated carbocycles. The average molecular weight is 415 g/mol. The zero-order chi connectivity index (χ0) is 22.5. The van der Waals surface area contributed by atoms with E-state index in [0.717, 1.165) is 30.8 Å². The second-order valence-electron chi connectivity index (χ2n) is 7.47. The second kappa shape index (κ2) is 13.5. The monoisotopic (exact) mass is 414 g/mol. The molecule has 1 aromatic carbocycles. The summed E-state index contributed by atoms with van der Waals surface area (Å²) in [5.41, 5.74) is 3.21. The molecule has 0 saturated heterocycles. The Labute approximate surface area is 181 Å². The summed E-state index contributed by atoms with van der Waals surface area (Å²) in [6, 6.07) is 8.09. The summed E-state index contributed by atoms with van der Waals surface area (Å²) < 4.78 is 0. The number of anilines is 1. The van der Waals surface area contributed by atoms with Gasteiger partial charge in [-0.1, -0.05) is 41.1 Å². The molecule has 0 aliphatic carbocycles. The van der Waals surface area contributed by atoms with Gasteiger partial charge in [-0.2, -0.15) is 5.11 Å². The number of hydrogen-bond donors (Lipinski definition) is 2. The number of benzene rings is 1. The van der Waals surface area contributed by atoms with Gasteiger partial charge in [0.05, 0.1) is 6.42 Å². The first-order valence-corrected chi connectivity index (χ1v) is 10.4. The van der Waals surface area contributed by atoms with Gasteiger partial charge in [0.25, 0.3) is 0 Å². The Balaban J connectivity index is 2.78. The first kappa shape index (κ1) is 25.4. The van der Waals surface area contributed by atoms with Crippen molar-refractivity contribution in [1.82, 2.24) is 15.2 Å². The van der Waals surface area contributed by atoms with Crippen LogP contribution in [-0.4, -0.2) is 62.3 Å². The van der Waals surface area contributed by atoms with Gasteiger partial charge in [0, 0.05) is 38.9 Å². The van der Waals surface area contributed by atoms with Crippen molar-refractivity contribution in [2.45, 2.75) is 45.8 Å². The number of carbonyl (C=O) groups excluding carboxylic acids is 1. The zero-order valence-corrected chi connectivity index (χ0v) is 19.4. The van der Waals surface area contributed by atoms with Gasteiger partial charge in [-0.3, -0.25) is 14.7 Å². The van der Waals surface area contributed by atoms with E-state index in [1.54, 1.807) is 7.05 Å². The number of likely N-dealkylation sites (N-methyl/N-ethyl adjacent to an activating group) is 2. The minimum atomic E-state index is -0.00626. The van der Waals surface area contributed by atoms with Crippen molar-refractivity contribution in [2.24, 2.45) is 10.3 Å². The van der Waals surface area contributed by atoms with Gasteiger partial charge in [-0.05, 0) is 45.9 Å². The van der Waals surface area contributed by atoms with Crippen LogP contribution in [0.3, 0.4) is 0 Å². The summed E-state index contributed by atoms with van der Waals surface area (Å²) in [6.07, 6.45) is 5.18. The largest absolute Gasteiger partial charge is 0.378 e. The Morgan fingerprint density at radius 1 is 1.30 bits per heavy atom. The van der Waals surface area contributed by atoms with E-state index in [1.807, 2.05) is 63.3 Å². The topological polar surface area (TPSA) is 72.3 Å². The summed E-state index contributed by atoms with van der Waals surface area (Å²) >= 11 is 0. The fourth-order valence-electron chi connectivity index (χ4n) is 2.85. The third-order valence-corrected chi connectivity index (χ3v) is 5.15. The maximum Gasteiger partial charge on any atom is 0.224 e. The molecule has 1 aromatic rings. The van der Waals surface area contributed by atoms with Crippen molar-refractivity contribution in [3.05, 3.63) is 54.1 Å². The molecule has 0 radical (unpaired) electrons. The Hall–Kier alpha value is -2.67. The molecular formula is C23H38N6O. The van der Waals surface area contributed by atoms with Gasteiger partial charge in [-0.15, -0.1) is 6.58 Å². The molecule has 0 fully saturated rings. The smallest absolute Gasteiger partial charge is 0.224 e. The van der Waals surface area contributed by atoms with Crippen LogP contribution in [0.2, 0.25) is 0 Å². The summed E-state index contributed by atoms with van der Waals surface area (Å²) in [7, 11) is 5.59. The van der Waals surface area contributed by atoms with Gasteiger partial charge in [0.1, 0.15) is 6.17 Å². The van der Waals surface area contributed by atoms with Crippen LogP contribution >= 0.6 is 0 Å². The van der Waals surface area contributed by atoms with E-state index in [2.05, 4.69) is 45.4 Å². The van der Waals surface area contributed by atoms with Crippen LogP contribution < -0.4 is 10.6 Å². The fourth-order valence-corrected chi connectivity index (χ4v) is 2.85. The summed E-state index contributed by atoms with van der Waals surface area (Å²) in [4.78, 5) is 13.9. The van der Waals surface area contributed by atoms with Crippen LogP contribution in [0, 0.1) is 0 Å². The predicted octanol–water partition coefficient (Wildman–Crippen LogP) is 3.87.